The highest BCUT2D eigenvalue weighted by molar-refractivity contribution is 5.51. The Balaban J connectivity index is 2.05. The summed E-state index contributed by atoms with van der Waals surface area (Å²) in [6, 6.07) is 7.72. The van der Waals surface area contributed by atoms with Gasteiger partial charge in [-0.15, -0.1) is 0 Å². The maximum absolute atomic E-state index is 14.0. The molecule has 2 rings (SSSR count). The molecule has 1 aromatic heterocycles. The van der Waals surface area contributed by atoms with Crippen LogP contribution in [0.4, 0.5) is 10.1 Å². The zero-order valence-electron chi connectivity index (χ0n) is 12.7. The highest BCUT2D eigenvalue weighted by Gasteiger charge is 2.08. The Bertz CT molecular complexity index is 810. The SMILES string of the molecule is Cc1c(COc2ccc(NC=C(C#N)C#N)cc2F)cnn1C. The van der Waals surface area contributed by atoms with Crippen LogP contribution >= 0.6 is 0 Å². The van der Waals surface area contributed by atoms with Crippen molar-refractivity contribution in [3.05, 3.63) is 53.2 Å². The zero-order valence-corrected chi connectivity index (χ0v) is 12.7. The van der Waals surface area contributed by atoms with E-state index in [0.29, 0.717) is 5.69 Å². The van der Waals surface area contributed by atoms with Gasteiger partial charge in [-0.05, 0) is 19.1 Å². The summed E-state index contributed by atoms with van der Waals surface area (Å²) in [4.78, 5) is 0. The largest absolute Gasteiger partial charge is 0.486 e. The minimum Gasteiger partial charge on any atom is -0.486 e. The summed E-state index contributed by atoms with van der Waals surface area (Å²) in [5.74, 6) is -0.427. The highest BCUT2D eigenvalue weighted by atomic mass is 19.1. The predicted molar refractivity (Wildman–Crippen MR) is 81.6 cm³/mol. The number of allylic oxidation sites excluding steroid dienone is 1. The van der Waals surface area contributed by atoms with Gasteiger partial charge in [0.25, 0.3) is 0 Å². The molecule has 1 N–H and O–H groups in total. The lowest BCUT2D eigenvalue weighted by atomic mass is 10.2. The fourth-order valence-corrected chi connectivity index (χ4v) is 1.79. The van der Waals surface area contributed by atoms with Crippen molar-refractivity contribution in [3.8, 4) is 17.9 Å². The molecule has 1 aromatic carbocycles. The first-order chi connectivity index (χ1) is 11.0. The van der Waals surface area contributed by atoms with E-state index in [1.807, 2.05) is 14.0 Å². The summed E-state index contributed by atoms with van der Waals surface area (Å²) < 4.78 is 21.2. The molecule has 0 aliphatic rings. The van der Waals surface area contributed by atoms with Crippen molar-refractivity contribution >= 4 is 5.69 Å². The molecule has 7 heteroatoms. The molecule has 0 spiro atoms. The third-order valence-corrected chi connectivity index (χ3v) is 3.28. The molecule has 0 amide bonds. The topological polar surface area (TPSA) is 86.7 Å². The Morgan fingerprint density at radius 1 is 1.43 bits per heavy atom. The van der Waals surface area contributed by atoms with Crippen LogP contribution in [0.25, 0.3) is 0 Å². The van der Waals surface area contributed by atoms with E-state index in [-0.39, 0.29) is 17.9 Å². The molecule has 0 atom stereocenters. The number of benzene rings is 1. The van der Waals surface area contributed by atoms with Gasteiger partial charge in [-0.3, -0.25) is 4.68 Å². The number of anilines is 1. The minimum atomic E-state index is -0.541. The van der Waals surface area contributed by atoms with Crippen LogP contribution in [0.1, 0.15) is 11.3 Å². The van der Waals surface area contributed by atoms with Gasteiger partial charge in [0.1, 0.15) is 24.3 Å². The van der Waals surface area contributed by atoms with Crippen molar-refractivity contribution in [1.82, 2.24) is 9.78 Å². The van der Waals surface area contributed by atoms with Crippen LogP contribution in [0, 0.1) is 35.4 Å². The number of aryl methyl sites for hydroxylation is 1. The Kier molecular flexibility index (Phi) is 4.96. The van der Waals surface area contributed by atoms with Gasteiger partial charge in [0.05, 0.1) is 6.20 Å². The Hall–Kier alpha value is -3.32. The van der Waals surface area contributed by atoms with Crippen LogP contribution in [0.5, 0.6) is 5.75 Å². The molecular formula is C16H14FN5O. The van der Waals surface area contributed by atoms with Crippen LogP contribution in [-0.2, 0) is 13.7 Å². The fourth-order valence-electron chi connectivity index (χ4n) is 1.79. The number of rotatable bonds is 5. The van der Waals surface area contributed by atoms with Crippen LogP contribution in [-0.4, -0.2) is 9.78 Å². The van der Waals surface area contributed by atoms with E-state index in [9.17, 15) is 4.39 Å². The lowest BCUT2D eigenvalue weighted by molar-refractivity contribution is 0.289. The van der Waals surface area contributed by atoms with Gasteiger partial charge in [0.15, 0.2) is 11.6 Å². The lowest BCUT2D eigenvalue weighted by Crippen LogP contribution is -2.00. The van der Waals surface area contributed by atoms with Gasteiger partial charge >= 0.3 is 0 Å². The van der Waals surface area contributed by atoms with Crippen LogP contribution in [0.2, 0.25) is 0 Å². The number of hydrogen-bond donors (Lipinski definition) is 1. The molecule has 2 aromatic rings. The smallest absolute Gasteiger partial charge is 0.167 e. The van der Waals surface area contributed by atoms with E-state index in [4.69, 9.17) is 15.3 Å². The van der Waals surface area contributed by atoms with Crippen LogP contribution in [0.3, 0.4) is 0 Å². The van der Waals surface area contributed by atoms with Gasteiger partial charge in [-0.1, -0.05) is 0 Å². The molecule has 1 heterocycles. The molecule has 116 valence electrons. The first-order valence-corrected chi connectivity index (χ1v) is 6.72. The van der Waals surface area contributed by atoms with Crippen LogP contribution < -0.4 is 10.1 Å². The number of aromatic nitrogens is 2. The summed E-state index contributed by atoms with van der Waals surface area (Å²) >= 11 is 0. The normalized spacial score (nSPS) is 9.61. The average Bonchev–Trinajstić information content (AvgIpc) is 2.87. The predicted octanol–water partition coefficient (Wildman–Crippen LogP) is 2.79. The van der Waals surface area contributed by atoms with Crippen molar-refractivity contribution in [1.29, 1.82) is 10.5 Å². The van der Waals surface area contributed by atoms with E-state index in [1.54, 1.807) is 29.1 Å². The number of hydrogen-bond acceptors (Lipinski definition) is 5. The number of halogens is 1. The molecule has 0 saturated carbocycles. The Morgan fingerprint density at radius 3 is 2.74 bits per heavy atom. The molecule has 0 radical (unpaired) electrons. The fraction of sp³-hybridized carbons (Fsp3) is 0.188. The summed E-state index contributed by atoms with van der Waals surface area (Å²) in [6.45, 7) is 2.12. The monoisotopic (exact) mass is 311 g/mol. The van der Waals surface area contributed by atoms with Gasteiger partial charge in [-0.25, -0.2) is 4.39 Å². The van der Waals surface area contributed by atoms with E-state index in [1.165, 1.54) is 18.3 Å². The summed E-state index contributed by atoms with van der Waals surface area (Å²) in [5.41, 5.74) is 2.15. The summed E-state index contributed by atoms with van der Waals surface area (Å²) in [5, 5.41) is 24.0. The molecule has 6 nitrogen and oxygen atoms in total. The van der Waals surface area contributed by atoms with Crippen molar-refractivity contribution in [2.24, 2.45) is 7.05 Å². The summed E-state index contributed by atoms with van der Waals surface area (Å²) in [7, 11) is 1.82. The van der Waals surface area contributed by atoms with Crippen molar-refractivity contribution in [2.45, 2.75) is 13.5 Å². The Morgan fingerprint density at radius 2 is 2.17 bits per heavy atom. The average molecular weight is 311 g/mol. The minimum absolute atomic E-state index is 0.0993. The number of nitrogens with one attached hydrogen (secondary N) is 1. The van der Waals surface area contributed by atoms with E-state index in [2.05, 4.69) is 10.4 Å². The molecule has 0 unspecified atom stereocenters. The first-order valence-electron chi connectivity index (χ1n) is 6.72. The third-order valence-electron chi connectivity index (χ3n) is 3.28. The van der Waals surface area contributed by atoms with Crippen molar-refractivity contribution in [3.63, 3.8) is 0 Å². The second-order valence-electron chi connectivity index (χ2n) is 4.74. The molecule has 23 heavy (non-hydrogen) atoms. The second-order valence-corrected chi connectivity index (χ2v) is 4.74. The molecule has 0 aliphatic carbocycles. The highest BCUT2D eigenvalue weighted by Crippen LogP contribution is 2.22. The van der Waals surface area contributed by atoms with Crippen molar-refractivity contribution in [2.75, 3.05) is 5.32 Å². The molecule has 0 saturated heterocycles. The maximum Gasteiger partial charge on any atom is 0.167 e. The van der Waals surface area contributed by atoms with E-state index in [0.717, 1.165) is 11.3 Å². The second kappa shape index (κ2) is 7.10. The molecule has 0 aliphatic heterocycles. The Labute approximate surface area is 133 Å². The molecule has 0 bridgehead atoms. The molecule has 0 fully saturated rings. The lowest BCUT2D eigenvalue weighted by Gasteiger charge is -2.08. The van der Waals surface area contributed by atoms with E-state index < -0.39 is 5.82 Å². The van der Waals surface area contributed by atoms with Crippen LogP contribution in [0.15, 0.2) is 36.2 Å². The number of ether oxygens (including phenoxy) is 1. The number of nitrogens with zero attached hydrogens (tertiary/aromatic N) is 4. The maximum atomic E-state index is 14.0. The van der Waals surface area contributed by atoms with Gasteiger partial charge in [0.2, 0.25) is 0 Å². The van der Waals surface area contributed by atoms with Gasteiger partial charge in [0, 0.05) is 36.3 Å². The first kappa shape index (κ1) is 16.1. The van der Waals surface area contributed by atoms with Gasteiger partial charge in [-0.2, -0.15) is 15.6 Å². The standard InChI is InChI=1S/C16H14FN5O/c1-11-13(9-21-22(11)2)10-23-16-4-3-14(5-15(16)17)20-8-12(6-18)7-19/h3-5,8-9,20H,10H2,1-2H3. The van der Waals surface area contributed by atoms with E-state index >= 15 is 0 Å². The van der Waals surface area contributed by atoms with Crippen molar-refractivity contribution < 1.29 is 9.13 Å². The number of nitriles is 2. The molecular weight excluding hydrogens is 297 g/mol. The van der Waals surface area contributed by atoms with Gasteiger partial charge < -0.3 is 10.1 Å². The zero-order chi connectivity index (χ0) is 16.8. The third kappa shape index (κ3) is 3.86. The summed E-state index contributed by atoms with van der Waals surface area (Å²) in [6.07, 6.45) is 2.90. The quantitative estimate of drug-likeness (QED) is 0.858.